The van der Waals surface area contributed by atoms with E-state index >= 15 is 0 Å². The molecule has 2 aromatic rings. The SMILES string of the molecule is CC(C)(C)OC(=O)Nc1ccc(CNCc2ccc(Cl)o2)cc1. The van der Waals surface area contributed by atoms with Crippen LogP contribution >= 0.6 is 11.6 Å². The van der Waals surface area contributed by atoms with Crippen LogP contribution in [0.1, 0.15) is 32.1 Å². The van der Waals surface area contributed by atoms with Crippen LogP contribution in [0.4, 0.5) is 10.5 Å². The average molecular weight is 337 g/mol. The second-order valence-electron chi connectivity index (χ2n) is 6.13. The van der Waals surface area contributed by atoms with Gasteiger partial charge < -0.3 is 14.5 Å². The third-order valence-corrected chi connectivity index (χ3v) is 3.06. The number of benzene rings is 1. The molecule has 1 aromatic carbocycles. The van der Waals surface area contributed by atoms with E-state index in [1.54, 1.807) is 6.07 Å². The molecule has 5 nitrogen and oxygen atoms in total. The van der Waals surface area contributed by atoms with E-state index in [-0.39, 0.29) is 0 Å². The number of halogens is 1. The molecule has 0 aliphatic carbocycles. The van der Waals surface area contributed by atoms with Crippen LogP contribution < -0.4 is 10.6 Å². The normalized spacial score (nSPS) is 11.3. The Balaban J connectivity index is 1.79. The molecule has 23 heavy (non-hydrogen) atoms. The van der Waals surface area contributed by atoms with E-state index in [0.29, 0.717) is 24.0 Å². The minimum Gasteiger partial charge on any atom is -0.448 e. The number of ether oxygens (including phenoxy) is 1. The van der Waals surface area contributed by atoms with Crippen molar-refractivity contribution < 1.29 is 13.9 Å². The lowest BCUT2D eigenvalue weighted by Gasteiger charge is -2.19. The molecule has 2 N–H and O–H groups in total. The summed E-state index contributed by atoms with van der Waals surface area (Å²) in [5.41, 5.74) is 1.28. The molecule has 1 heterocycles. The number of nitrogens with one attached hydrogen (secondary N) is 2. The van der Waals surface area contributed by atoms with Gasteiger partial charge in [-0.15, -0.1) is 0 Å². The van der Waals surface area contributed by atoms with Gasteiger partial charge in [-0.2, -0.15) is 0 Å². The quantitative estimate of drug-likeness (QED) is 0.839. The Morgan fingerprint density at radius 2 is 1.83 bits per heavy atom. The maximum atomic E-state index is 11.7. The summed E-state index contributed by atoms with van der Waals surface area (Å²) in [5.74, 6) is 0.790. The van der Waals surface area contributed by atoms with E-state index in [2.05, 4.69) is 10.6 Å². The van der Waals surface area contributed by atoms with Gasteiger partial charge in [0.1, 0.15) is 11.4 Å². The highest BCUT2D eigenvalue weighted by Gasteiger charge is 2.15. The molecule has 0 aliphatic heterocycles. The van der Waals surface area contributed by atoms with Crippen molar-refractivity contribution in [3.63, 3.8) is 0 Å². The van der Waals surface area contributed by atoms with Crippen molar-refractivity contribution in [1.82, 2.24) is 5.32 Å². The van der Waals surface area contributed by atoms with E-state index in [4.69, 9.17) is 20.8 Å². The van der Waals surface area contributed by atoms with Crippen LogP contribution in [0.2, 0.25) is 5.22 Å². The fraction of sp³-hybridized carbons (Fsp3) is 0.353. The summed E-state index contributed by atoms with van der Waals surface area (Å²) in [6.45, 7) is 6.77. The molecule has 2 rings (SSSR count). The van der Waals surface area contributed by atoms with Crippen LogP contribution in [0.25, 0.3) is 0 Å². The lowest BCUT2D eigenvalue weighted by atomic mass is 10.2. The van der Waals surface area contributed by atoms with Gasteiger partial charge in [0.25, 0.3) is 0 Å². The van der Waals surface area contributed by atoms with Gasteiger partial charge in [-0.1, -0.05) is 12.1 Å². The van der Waals surface area contributed by atoms with Gasteiger partial charge in [-0.3, -0.25) is 5.32 Å². The second-order valence-corrected chi connectivity index (χ2v) is 6.51. The molecule has 0 bridgehead atoms. The zero-order valence-corrected chi connectivity index (χ0v) is 14.2. The van der Waals surface area contributed by atoms with Crippen molar-refractivity contribution in [2.45, 2.75) is 39.5 Å². The van der Waals surface area contributed by atoms with Gasteiger partial charge in [0.15, 0.2) is 5.22 Å². The number of carbonyl (C=O) groups is 1. The second kappa shape index (κ2) is 7.53. The number of amides is 1. The molecular formula is C17H21ClN2O3. The monoisotopic (exact) mass is 336 g/mol. The molecule has 0 saturated heterocycles. The standard InChI is InChI=1S/C17H21ClN2O3/c1-17(2,3)23-16(21)20-13-6-4-12(5-7-13)10-19-11-14-8-9-15(18)22-14/h4-9,19H,10-11H2,1-3H3,(H,20,21). The summed E-state index contributed by atoms with van der Waals surface area (Å²) in [5, 5.41) is 6.35. The Hall–Kier alpha value is -1.98. The van der Waals surface area contributed by atoms with E-state index in [9.17, 15) is 4.79 Å². The highest BCUT2D eigenvalue weighted by atomic mass is 35.5. The summed E-state index contributed by atoms with van der Waals surface area (Å²) in [6.07, 6.45) is -0.460. The van der Waals surface area contributed by atoms with Crippen LogP contribution in [0.3, 0.4) is 0 Å². The third-order valence-electron chi connectivity index (χ3n) is 2.86. The molecule has 0 atom stereocenters. The van der Waals surface area contributed by atoms with Gasteiger partial charge in [-0.05, 0) is 62.2 Å². The van der Waals surface area contributed by atoms with Crippen LogP contribution in [-0.4, -0.2) is 11.7 Å². The molecule has 124 valence electrons. The van der Waals surface area contributed by atoms with Crippen molar-refractivity contribution in [3.8, 4) is 0 Å². The van der Waals surface area contributed by atoms with Crippen LogP contribution in [0, 0.1) is 0 Å². The molecule has 0 aliphatic rings. The smallest absolute Gasteiger partial charge is 0.412 e. The minimum absolute atomic E-state index is 0.388. The molecule has 1 aromatic heterocycles. The number of rotatable bonds is 5. The fourth-order valence-corrected chi connectivity index (χ4v) is 2.07. The first-order valence-electron chi connectivity index (χ1n) is 7.36. The summed E-state index contributed by atoms with van der Waals surface area (Å²) in [7, 11) is 0. The topological polar surface area (TPSA) is 63.5 Å². The van der Waals surface area contributed by atoms with Crippen LogP contribution in [-0.2, 0) is 17.8 Å². The average Bonchev–Trinajstić information content (AvgIpc) is 2.84. The van der Waals surface area contributed by atoms with Crippen LogP contribution in [0.5, 0.6) is 0 Å². The Labute approximate surface area is 141 Å². The van der Waals surface area contributed by atoms with Gasteiger partial charge in [0.05, 0.1) is 6.54 Å². The number of hydrogen-bond donors (Lipinski definition) is 2. The molecule has 0 saturated carbocycles. The Bertz CT molecular complexity index is 645. The number of furan rings is 1. The largest absolute Gasteiger partial charge is 0.448 e. The first-order valence-corrected chi connectivity index (χ1v) is 7.73. The molecule has 0 unspecified atom stereocenters. The minimum atomic E-state index is -0.511. The predicted octanol–water partition coefficient (Wildman–Crippen LogP) is 4.57. The van der Waals surface area contributed by atoms with Gasteiger partial charge in [-0.25, -0.2) is 4.79 Å². The number of carbonyl (C=O) groups excluding carboxylic acids is 1. The third kappa shape index (κ3) is 6.34. The summed E-state index contributed by atoms with van der Waals surface area (Å²) in [6, 6.07) is 11.1. The fourth-order valence-electron chi connectivity index (χ4n) is 1.90. The predicted molar refractivity (Wildman–Crippen MR) is 90.6 cm³/mol. The zero-order chi connectivity index (χ0) is 16.9. The van der Waals surface area contributed by atoms with Crippen molar-refractivity contribution in [3.05, 3.63) is 52.9 Å². The Kier molecular flexibility index (Phi) is 5.69. The molecule has 6 heteroatoms. The van der Waals surface area contributed by atoms with Crippen molar-refractivity contribution in [1.29, 1.82) is 0 Å². The van der Waals surface area contributed by atoms with Crippen LogP contribution in [0.15, 0.2) is 40.8 Å². The number of anilines is 1. The first kappa shape index (κ1) is 17.4. The zero-order valence-electron chi connectivity index (χ0n) is 13.5. The summed E-state index contributed by atoms with van der Waals surface area (Å²) >= 11 is 5.72. The van der Waals surface area contributed by atoms with Crippen molar-refractivity contribution in [2.75, 3.05) is 5.32 Å². The van der Waals surface area contributed by atoms with Gasteiger partial charge in [0, 0.05) is 12.2 Å². The van der Waals surface area contributed by atoms with E-state index in [0.717, 1.165) is 11.3 Å². The van der Waals surface area contributed by atoms with Crippen molar-refractivity contribution in [2.24, 2.45) is 0 Å². The van der Waals surface area contributed by atoms with E-state index < -0.39 is 11.7 Å². The van der Waals surface area contributed by atoms with Gasteiger partial charge in [0.2, 0.25) is 0 Å². The van der Waals surface area contributed by atoms with Crippen molar-refractivity contribution >= 4 is 23.4 Å². The summed E-state index contributed by atoms with van der Waals surface area (Å²) in [4.78, 5) is 11.7. The first-order chi connectivity index (χ1) is 10.8. The molecular weight excluding hydrogens is 316 g/mol. The Morgan fingerprint density at radius 3 is 2.39 bits per heavy atom. The molecule has 0 radical (unpaired) electrons. The summed E-state index contributed by atoms with van der Waals surface area (Å²) < 4.78 is 10.5. The molecule has 0 fully saturated rings. The highest BCUT2D eigenvalue weighted by molar-refractivity contribution is 6.28. The lowest BCUT2D eigenvalue weighted by Crippen LogP contribution is -2.27. The molecule has 1 amide bonds. The maximum absolute atomic E-state index is 11.7. The highest BCUT2D eigenvalue weighted by Crippen LogP contribution is 2.14. The maximum Gasteiger partial charge on any atom is 0.412 e. The lowest BCUT2D eigenvalue weighted by molar-refractivity contribution is 0.0636. The number of hydrogen-bond acceptors (Lipinski definition) is 4. The van der Waals surface area contributed by atoms with Gasteiger partial charge >= 0.3 is 6.09 Å². The van der Waals surface area contributed by atoms with E-state index in [1.807, 2.05) is 51.1 Å². The Morgan fingerprint density at radius 1 is 1.13 bits per heavy atom. The van der Waals surface area contributed by atoms with E-state index in [1.165, 1.54) is 0 Å². The molecule has 0 spiro atoms.